The maximum absolute atomic E-state index is 9.41. The van der Waals surface area contributed by atoms with Crippen LogP contribution in [0.15, 0.2) is 24.3 Å². The van der Waals surface area contributed by atoms with Crippen LogP contribution in [0.25, 0.3) is 0 Å². The number of nitrogens with two attached hydrogens (primary N) is 12. The van der Waals surface area contributed by atoms with Gasteiger partial charge in [0.2, 0.25) is 0 Å². The maximum Gasteiger partial charge on any atom is 3.00 e. The average molecular weight is 903 g/mol. The van der Waals surface area contributed by atoms with E-state index < -0.39 is 34.1 Å². The van der Waals surface area contributed by atoms with Gasteiger partial charge >= 0.3 is 33.6 Å². The molecule has 0 atom stereocenters. The van der Waals surface area contributed by atoms with Crippen LogP contribution >= 0.6 is 0 Å². The second kappa shape index (κ2) is 125. The number of carboxylic acid groups (broad SMARTS) is 4. The Balaban J connectivity index is -0.0000000213. The molecule has 0 aromatic carbocycles. The summed E-state index contributed by atoms with van der Waals surface area (Å²) < 4.78 is 0. The molecule has 0 aromatic rings. The summed E-state index contributed by atoms with van der Waals surface area (Å²) >= 11 is 0. The molecule has 0 bridgehead atoms. The molecule has 0 aromatic heterocycles. The number of rotatable bonds is 10. The second-order valence-electron chi connectivity index (χ2n) is 5.85. The molecule has 0 spiro atoms. The van der Waals surface area contributed by atoms with Gasteiger partial charge in [0.05, 0.1) is 34.1 Å². The Hall–Kier alpha value is -3.87. The van der Waals surface area contributed by atoms with Gasteiger partial charge in [-0.15, -0.1) is 0 Å². The van der Waals surface area contributed by atoms with Crippen LogP contribution in [0.1, 0.15) is 0 Å². The minimum absolute atomic E-state index is 0. The van der Waals surface area contributed by atoms with Crippen molar-refractivity contribution in [2.24, 2.45) is 68.8 Å². The van der Waals surface area contributed by atoms with E-state index >= 15 is 0 Å². The summed E-state index contributed by atoms with van der Waals surface area (Å²) in [5.41, 5.74) is 58.8. The van der Waals surface area contributed by atoms with Crippen molar-refractivity contribution in [1.29, 1.82) is 0 Å². The van der Waals surface area contributed by atoms with Crippen molar-refractivity contribution in [3.05, 3.63) is 54.9 Å². The zero-order valence-electron chi connectivity index (χ0n) is 29.0. The van der Waals surface area contributed by atoms with Gasteiger partial charge in [-0.1, -0.05) is 0 Å². The minimum atomic E-state index is -1.75. The van der Waals surface area contributed by atoms with Crippen LogP contribution in [0.5, 0.6) is 0 Å². The monoisotopic (exact) mass is 902 g/mol. The summed E-state index contributed by atoms with van der Waals surface area (Å²) in [7, 11) is 0. The molecule has 32 nitrogen and oxygen atoms in total. The molecular weight excluding hydrogens is 842 g/mol. The Morgan fingerprint density at radius 1 is 0.333 bits per heavy atom. The van der Waals surface area contributed by atoms with E-state index in [1.807, 2.05) is 0 Å². The van der Waals surface area contributed by atoms with Gasteiger partial charge in [0.15, 0.2) is 0 Å². The van der Waals surface area contributed by atoms with Gasteiger partial charge in [0, 0.05) is 78.5 Å². The third-order valence-electron chi connectivity index (χ3n) is 1.71. The molecule has 0 aliphatic carbocycles. The molecule has 0 aliphatic heterocycles. The first kappa shape index (κ1) is 104. The van der Waals surface area contributed by atoms with Crippen LogP contribution in [-0.4, -0.2) is 134 Å². The molecule has 0 aliphatic rings. The smallest absolute Gasteiger partial charge is 0.545 e. The van der Waals surface area contributed by atoms with Crippen molar-refractivity contribution in [3.63, 3.8) is 0 Å². The number of carbonyl (C=O) groups is 4. The Morgan fingerprint density at radius 3 is 0.407 bits per heavy atom. The standard InChI is InChI=1S/2C4H4O4.6C2H8N2.2Co.2NO3.4H2O/c2*5-3(6)1-2-4(7)8;6*3-1-2-4;;;2*2-1(3)4;;;;/h2*1-2H,(H,5,6)(H,7,8);6*1-4H2;;;;;4*1H2/q;;;;;;;;2*+3;2*-1;;;;/p-4/b2*2-1+;;;;;;;;;;;;;;. The van der Waals surface area contributed by atoms with Crippen LogP contribution in [0, 0.1) is 30.6 Å². The number of aliphatic carboxylic acids is 4. The molecular formula is C20H60Co2N14O18. The molecule has 0 fully saturated rings. The first-order valence-corrected chi connectivity index (χ1v) is 12.4. The van der Waals surface area contributed by atoms with Crippen molar-refractivity contribution < 1.29 is 105 Å². The Kier molecular flexibility index (Phi) is 241. The van der Waals surface area contributed by atoms with Crippen molar-refractivity contribution in [2.45, 2.75) is 0 Å². The van der Waals surface area contributed by atoms with Gasteiger partial charge in [-0.2, -0.15) is 0 Å². The molecule has 0 unspecified atom stereocenters. The largest absolute Gasteiger partial charge is 3.00 e. The third-order valence-corrected chi connectivity index (χ3v) is 1.71. The summed E-state index contributed by atoms with van der Waals surface area (Å²) in [5.74, 6) is -6.19. The van der Waals surface area contributed by atoms with Crippen LogP contribution < -0.4 is 89.2 Å². The molecule has 0 radical (unpaired) electrons. The summed E-state index contributed by atoms with van der Waals surface area (Å²) in [5, 5.41) is 67.2. The minimum Gasteiger partial charge on any atom is -0.545 e. The number of hydrogen-bond acceptors (Lipinski definition) is 26. The fraction of sp³-hybridized carbons (Fsp3) is 0.600. The van der Waals surface area contributed by atoms with Crippen LogP contribution in [0.4, 0.5) is 0 Å². The van der Waals surface area contributed by atoms with E-state index in [1.165, 1.54) is 0 Å². The van der Waals surface area contributed by atoms with E-state index in [4.69, 9.17) is 99.4 Å². The fourth-order valence-corrected chi connectivity index (χ4v) is 0.272. The molecule has 0 rings (SSSR count). The van der Waals surface area contributed by atoms with Crippen molar-refractivity contribution in [1.82, 2.24) is 0 Å². The van der Waals surface area contributed by atoms with E-state index in [0.717, 1.165) is 0 Å². The van der Waals surface area contributed by atoms with Crippen molar-refractivity contribution in [2.75, 3.05) is 78.5 Å². The molecule has 0 heterocycles. The van der Waals surface area contributed by atoms with Gasteiger partial charge in [-0.3, -0.25) is 0 Å². The second-order valence-corrected chi connectivity index (χ2v) is 5.85. The first-order valence-electron chi connectivity index (χ1n) is 12.4. The topological polar surface area (TPSA) is 731 Å². The predicted molar refractivity (Wildman–Crippen MR) is 182 cm³/mol. The molecule has 0 saturated carbocycles. The predicted octanol–water partition coefficient (Wildman–Crippen LogP) is -16.3. The quantitative estimate of drug-likeness (QED) is 0.0550. The molecule has 336 valence electrons. The van der Waals surface area contributed by atoms with E-state index in [2.05, 4.69) is 0 Å². The summed E-state index contributed by atoms with van der Waals surface area (Å²) in [4.78, 5) is 54.2. The zero-order chi connectivity index (χ0) is 40.8. The number of carbonyl (C=O) groups excluding carboxylic acids is 4. The van der Waals surface area contributed by atoms with Gasteiger partial charge in [-0.25, -0.2) is 0 Å². The maximum atomic E-state index is 9.41. The molecule has 32 N–H and O–H groups in total. The Morgan fingerprint density at radius 2 is 0.389 bits per heavy atom. The number of carboxylic acids is 4. The third kappa shape index (κ3) is 726. The van der Waals surface area contributed by atoms with E-state index in [1.54, 1.807) is 0 Å². The molecule has 34 heteroatoms. The van der Waals surface area contributed by atoms with Crippen molar-refractivity contribution in [3.8, 4) is 0 Å². The molecule has 54 heavy (non-hydrogen) atoms. The van der Waals surface area contributed by atoms with Crippen LogP contribution in [-0.2, 0) is 52.7 Å². The van der Waals surface area contributed by atoms with Gasteiger partial charge in [0.25, 0.3) is 0 Å². The average Bonchev–Trinajstić information content (AvgIpc) is 3.03. The normalized spacial score (nSPS) is 7.04. The Bertz CT molecular complexity index is 612. The van der Waals surface area contributed by atoms with Crippen molar-refractivity contribution >= 4 is 23.9 Å². The van der Waals surface area contributed by atoms with Gasteiger partial charge < -0.3 is 161 Å². The summed E-state index contributed by atoms with van der Waals surface area (Å²) in [6.45, 7) is 7.17. The Labute approximate surface area is 331 Å². The first-order chi connectivity index (χ1) is 22.2. The van der Waals surface area contributed by atoms with E-state index in [0.29, 0.717) is 103 Å². The fourth-order valence-electron chi connectivity index (χ4n) is 0.272. The van der Waals surface area contributed by atoms with E-state index in [9.17, 15) is 39.6 Å². The van der Waals surface area contributed by atoms with E-state index in [-0.39, 0.29) is 55.5 Å². The SMILES string of the molecule is NCCN.NCCN.NCCN.NCCN.NCCN.NCCN.O.O.O.O.O=C([O-])/C=C/C(=O)[O-].O=C([O-])/C=C/C(=O)[O-].O=[N+]([O-])[O-].O=[N+]([O-])[O-].[Co+3].[Co+3]. The summed E-state index contributed by atoms with van der Waals surface area (Å²) in [6.07, 6.45) is 1.54. The zero-order valence-corrected chi connectivity index (χ0v) is 31.1. The number of hydrogen-bond donors (Lipinski definition) is 12. The van der Waals surface area contributed by atoms with Gasteiger partial charge in [0.1, 0.15) is 0 Å². The van der Waals surface area contributed by atoms with Crippen LogP contribution in [0.3, 0.4) is 0 Å². The number of nitrogens with zero attached hydrogens (tertiary/aromatic N) is 2. The molecule has 0 saturated heterocycles. The summed E-state index contributed by atoms with van der Waals surface area (Å²) in [6, 6.07) is 0. The molecule has 0 amide bonds. The van der Waals surface area contributed by atoms with Gasteiger partial charge in [-0.05, 0) is 24.3 Å². The van der Waals surface area contributed by atoms with Crippen LogP contribution in [0.2, 0.25) is 0 Å².